The van der Waals surface area contributed by atoms with Gasteiger partial charge in [-0.25, -0.2) is 0 Å². The molecule has 0 unspecified atom stereocenters. The second-order valence-electron chi connectivity index (χ2n) is 6.71. The van der Waals surface area contributed by atoms with E-state index in [2.05, 4.69) is 20.8 Å². The molecule has 0 aliphatic heterocycles. The molecule has 104 valence electrons. The van der Waals surface area contributed by atoms with E-state index < -0.39 is 0 Å². The van der Waals surface area contributed by atoms with Crippen LogP contribution in [0.4, 0.5) is 0 Å². The zero-order chi connectivity index (χ0) is 13.4. The van der Waals surface area contributed by atoms with Crippen LogP contribution in [0.25, 0.3) is 0 Å². The van der Waals surface area contributed by atoms with Gasteiger partial charge in [0.1, 0.15) is 12.6 Å². The molecule has 0 spiro atoms. The van der Waals surface area contributed by atoms with Crippen LogP contribution in [0.5, 0.6) is 0 Å². The summed E-state index contributed by atoms with van der Waals surface area (Å²) >= 11 is 0. The highest BCUT2D eigenvalue weighted by Crippen LogP contribution is 2.56. The van der Waals surface area contributed by atoms with Crippen LogP contribution in [0, 0.1) is 16.7 Å². The fraction of sp³-hybridized carbons (Fsp3) is 0.933. The summed E-state index contributed by atoms with van der Waals surface area (Å²) in [6.45, 7) is 7.04. The third-order valence-corrected chi connectivity index (χ3v) is 5.34. The Balaban J connectivity index is 2.19. The number of carbonyl (C=O) groups is 1. The van der Waals surface area contributed by atoms with Gasteiger partial charge in [-0.1, -0.05) is 20.8 Å². The molecule has 0 saturated heterocycles. The Kier molecular flexibility index (Phi) is 3.84. The summed E-state index contributed by atoms with van der Waals surface area (Å²) in [6.07, 6.45) is 5.11. The predicted molar refractivity (Wildman–Crippen MR) is 70.2 cm³/mol. The van der Waals surface area contributed by atoms with E-state index >= 15 is 0 Å². The first kappa shape index (κ1) is 14.0. The molecule has 0 bridgehead atoms. The lowest BCUT2D eigenvalue weighted by Crippen LogP contribution is -2.55. The summed E-state index contributed by atoms with van der Waals surface area (Å²) < 4.78 is 10.9. The van der Waals surface area contributed by atoms with Crippen LogP contribution >= 0.6 is 0 Å². The minimum absolute atomic E-state index is 0.0572. The number of ketones is 1. The smallest absolute Gasteiger partial charge is 0.146 e. The number of methoxy groups -OCH3 is 1. The molecular weight excluding hydrogens is 228 g/mol. The van der Waals surface area contributed by atoms with E-state index in [9.17, 15) is 4.79 Å². The zero-order valence-corrected chi connectivity index (χ0v) is 12.1. The van der Waals surface area contributed by atoms with Crippen molar-refractivity contribution in [2.24, 2.45) is 16.7 Å². The van der Waals surface area contributed by atoms with Gasteiger partial charge in [-0.3, -0.25) is 4.79 Å². The first-order chi connectivity index (χ1) is 8.43. The molecule has 3 atom stereocenters. The monoisotopic (exact) mass is 254 g/mol. The quantitative estimate of drug-likeness (QED) is 0.726. The van der Waals surface area contributed by atoms with Gasteiger partial charge in [0, 0.05) is 18.9 Å². The first-order valence-electron chi connectivity index (χ1n) is 7.07. The second-order valence-corrected chi connectivity index (χ2v) is 6.71. The predicted octanol–water partition coefficient (Wildman–Crippen LogP) is 3.17. The SMILES string of the molecule is COCO[C@H]1CC[C@]2(C)C(=O)CCC[C@H]2C1(C)C. The normalized spacial score (nSPS) is 39.4. The summed E-state index contributed by atoms with van der Waals surface area (Å²) in [5.74, 6) is 0.916. The third kappa shape index (κ3) is 2.12. The molecule has 3 nitrogen and oxygen atoms in total. The lowest BCUT2D eigenvalue weighted by Gasteiger charge is -2.55. The van der Waals surface area contributed by atoms with Crippen molar-refractivity contribution in [3.05, 3.63) is 0 Å². The van der Waals surface area contributed by atoms with E-state index in [0.29, 0.717) is 18.5 Å². The molecule has 0 aromatic carbocycles. The minimum atomic E-state index is -0.116. The van der Waals surface area contributed by atoms with Crippen LogP contribution in [-0.4, -0.2) is 25.8 Å². The minimum Gasteiger partial charge on any atom is -0.359 e. The fourth-order valence-electron chi connectivity index (χ4n) is 4.25. The number of carbonyl (C=O) groups excluding carboxylic acids is 1. The van der Waals surface area contributed by atoms with Gasteiger partial charge in [0.25, 0.3) is 0 Å². The lowest BCUT2D eigenvalue weighted by atomic mass is 9.50. The highest BCUT2D eigenvalue weighted by atomic mass is 16.7. The van der Waals surface area contributed by atoms with Crippen molar-refractivity contribution in [1.29, 1.82) is 0 Å². The average molecular weight is 254 g/mol. The maximum Gasteiger partial charge on any atom is 0.146 e. The second kappa shape index (κ2) is 4.93. The van der Waals surface area contributed by atoms with E-state index in [1.165, 1.54) is 0 Å². The largest absolute Gasteiger partial charge is 0.359 e. The highest BCUT2D eigenvalue weighted by molar-refractivity contribution is 5.85. The zero-order valence-electron chi connectivity index (χ0n) is 12.1. The molecule has 0 amide bonds. The van der Waals surface area contributed by atoms with Crippen molar-refractivity contribution >= 4 is 5.78 Å². The molecule has 0 aromatic rings. The van der Waals surface area contributed by atoms with Crippen LogP contribution in [0.2, 0.25) is 0 Å². The highest BCUT2D eigenvalue weighted by Gasteiger charge is 2.55. The number of Topliss-reactive ketones (excluding diaryl/α,β-unsaturated/α-hetero) is 1. The van der Waals surface area contributed by atoms with Crippen molar-refractivity contribution < 1.29 is 14.3 Å². The standard InChI is InChI=1S/C15H26O3/c1-14(2)11-6-5-7-12(16)15(11,3)9-8-13(14)18-10-17-4/h11,13H,5-10H2,1-4H3/t11-,13-,15-/m0/s1. The van der Waals surface area contributed by atoms with Gasteiger partial charge in [0.15, 0.2) is 0 Å². The summed E-state index contributed by atoms with van der Waals surface area (Å²) in [6, 6.07) is 0. The molecule has 2 aliphatic rings. The number of ether oxygens (including phenoxy) is 2. The van der Waals surface area contributed by atoms with Gasteiger partial charge in [-0.05, 0) is 37.0 Å². The molecule has 2 rings (SSSR count). The number of rotatable bonds is 3. The Morgan fingerprint density at radius 2 is 2.00 bits per heavy atom. The van der Waals surface area contributed by atoms with Gasteiger partial charge in [-0.15, -0.1) is 0 Å². The Morgan fingerprint density at radius 1 is 1.28 bits per heavy atom. The number of hydrogen-bond acceptors (Lipinski definition) is 3. The summed E-state index contributed by atoms with van der Waals surface area (Å²) in [4.78, 5) is 12.3. The molecule has 0 radical (unpaired) electrons. The Hall–Kier alpha value is -0.410. The van der Waals surface area contributed by atoms with Crippen molar-refractivity contribution in [3.8, 4) is 0 Å². The van der Waals surface area contributed by atoms with E-state index in [1.54, 1.807) is 7.11 Å². The average Bonchev–Trinajstić information content (AvgIpc) is 2.31. The maximum atomic E-state index is 12.3. The molecule has 2 fully saturated rings. The van der Waals surface area contributed by atoms with Crippen molar-refractivity contribution in [2.75, 3.05) is 13.9 Å². The van der Waals surface area contributed by atoms with Crippen molar-refractivity contribution in [3.63, 3.8) is 0 Å². The molecular formula is C15H26O3. The van der Waals surface area contributed by atoms with Crippen LogP contribution < -0.4 is 0 Å². The lowest BCUT2D eigenvalue weighted by molar-refractivity contribution is -0.180. The molecule has 0 heterocycles. The fourth-order valence-corrected chi connectivity index (χ4v) is 4.25. The van der Waals surface area contributed by atoms with Gasteiger partial charge < -0.3 is 9.47 Å². The maximum absolute atomic E-state index is 12.3. The summed E-state index contributed by atoms with van der Waals surface area (Å²) in [5, 5.41) is 0. The van der Waals surface area contributed by atoms with Gasteiger partial charge in [0.2, 0.25) is 0 Å². The number of fused-ring (bicyclic) bond motifs is 1. The van der Waals surface area contributed by atoms with E-state index in [1.807, 2.05) is 0 Å². The molecule has 18 heavy (non-hydrogen) atoms. The van der Waals surface area contributed by atoms with Crippen molar-refractivity contribution in [2.45, 2.75) is 59.0 Å². The van der Waals surface area contributed by atoms with E-state index in [0.717, 1.165) is 32.1 Å². The molecule has 3 heteroatoms. The van der Waals surface area contributed by atoms with Crippen LogP contribution in [0.1, 0.15) is 52.9 Å². The number of hydrogen-bond donors (Lipinski definition) is 0. The van der Waals surface area contributed by atoms with Crippen molar-refractivity contribution in [1.82, 2.24) is 0 Å². The Labute approximate surface area is 110 Å². The molecule has 0 N–H and O–H groups in total. The van der Waals surface area contributed by atoms with Crippen LogP contribution in [-0.2, 0) is 14.3 Å². The van der Waals surface area contributed by atoms with Gasteiger partial charge >= 0.3 is 0 Å². The van der Waals surface area contributed by atoms with Gasteiger partial charge in [-0.2, -0.15) is 0 Å². The molecule has 2 saturated carbocycles. The van der Waals surface area contributed by atoms with Crippen LogP contribution in [0.15, 0.2) is 0 Å². The summed E-state index contributed by atoms with van der Waals surface area (Å²) in [7, 11) is 1.66. The van der Waals surface area contributed by atoms with E-state index in [4.69, 9.17) is 9.47 Å². The Morgan fingerprint density at radius 3 is 2.67 bits per heavy atom. The van der Waals surface area contributed by atoms with Gasteiger partial charge in [0.05, 0.1) is 6.10 Å². The Bertz CT molecular complexity index is 324. The van der Waals surface area contributed by atoms with E-state index in [-0.39, 0.29) is 16.9 Å². The molecule has 2 aliphatic carbocycles. The topological polar surface area (TPSA) is 35.5 Å². The third-order valence-electron chi connectivity index (χ3n) is 5.34. The molecule has 0 aromatic heterocycles. The first-order valence-corrected chi connectivity index (χ1v) is 7.07. The van der Waals surface area contributed by atoms with Crippen LogP contribution in [0.3, 0.4) is 0 Å². The summed E-state index contributed by atoms with van der Waals surface area (Å²) in [5.41, 5.74) is -0.0592.